The van der Waals surface area contributed by atoms with Crippen LogP contribution in [0.2, 0.25) is 10.0 Å². The molecule has 1 atom stereocenters. The summed E-state index contributed by atoms with van der Waals surface area (Å²) < 4.78 is 80.9. The fourth-order valence-electron chi connectivity index (χ4n) is 3.57. The first-order valence-corrected chi connectivity index (χ1v) is 11.3. The van der Waals surface area contributed by atoms with Crippen molar-refractivity contribution in [2.24, 2.45) is 5.16 Å². The first-order chi connectivity index (χ1) is 15.4. The van der Waals surface area contributed by atoms with E-state index in [0.29, 0.717) is 4.88 Å². The molecular formula is C19H13Cl2F6N3OS2. The van der Waals surface area contributed by atoms with Gasteiger partial charge in [0, 0.05) is 17.0 Å². The van der Waals surface area contributed by atoms with Gasteiger partial charge in [-0.2, -0.15) is 13.2 Å². The molecule has 0 fully saturated rings. The minimum atomic E-state index is -4.90. The number of nitrogens with zero attached hydrogens (tertiary/aromatic N) is 2. The van der Waals surface area contributed by atoms with Crippen LogP contribution >= 0.6 is 46.8 Å². The Balaban J connectivity index is 1.52. The fraction of sp³-hybridized carbons (Fsp3) is 0.368. The number of thiophene rings is 1. The molecule has 0 radical (unpaired) electrons. The van der Waals surface area contributed by atoms with E-state index in [4.69, 9.17) is 40.3 Å². The van der Waals surface area contributed by atoms with Crippen molar-refractivity contribution >= 4 is 57.6 Å². The van der Waals surface area contributed by atoms with E-state index in [0.717, 1.165) is 22.6 Å². The van der Waals surface area contributed by atoms with Crippen LogP contribution in [0.5, 0.6) is 0 Å². The maximum absolute atomic E-state index is 14.1. The summed E-state index contributed by atoms with van der Waals surface area (Å²) in [6.07, 6.45) is -8.11. The number of nitrogens with one attached hydrogen (secondary N) is 1. The van der Waals surface area contributed by atoms with Crippen molar-refractivity contribution in [2.75, 3.05) is 6.54 Å². The van der Waals surface area contributed by atoms with E-state index in [1.54, 1.807) is 11.0 Å². The lowest BCUT2D eigenvalue weighted by atomic mass is 9.89. The van der Waals surface area contributed by atoms with Gasteiger partial charge in [0.1, 0.15) is 10.8 Å². The minimum absolute atomic E-state index is 0.0484. The number of benzene rings is 1. The second kappa shape index (κ2) is 8.79. The third-order valence-corrected chi connectivity index (χ3v) is 7.44. The normalized spacial score (nSPS) is 20.2. The first kappa shape index (κ1) is 24.4. The highest BCUT2D eigenvalue weighted by Crippen LogP contribution is 2.50. The largest absolute Gasteiger partial charge is 0.435 e. The van der Waals surface area contributed by atoms with Gasteiger partial charge in [-0.15, -0.1) is 11.3 Å². The number of fused-ring (bicyclic) bond motifs is 1. The molecule has 3 heterocycles. The SMILES string of the molecule is Fc1c(Cl)cc(C2(C(F)(F)F)CC(N3Cc4cc(C(=S)NCC(F)F)sc4C3)=NO2)cc1Cl. The Morgan fingerprint density at radius 1 is 1.24 bits per heavy atom. The zero-order chi connectivity index (χ0) is 24.1. The Bertz CT molecular complexity index is 1090. The zero-order valence-electron chi connectivity index (χ0n) is 16.3. The Morgan fingerprint density at radius 3 is 2.48 bits per heavy atom. The maximum Gasteiger partial charge on any atom is 0.435 e. The summed E-state index contributed by atoms with van der Waals surface area (Å²) in [7, 11) is 0. The predicted molar refractivity (Wildman–Crippen MR) is 117 cm³/mol. The van der Waals surface area contributed by atoms with Crippen LogP contribution in [-0.2, 0) is 23.5 Å². The molecular weight excluding hydrogens is 535 g/mol. The molecule has 178 valence electrons. The quantitative estimate of drug-likeness (QED) is 0.279. The summed E-state index contributed by atoms with van der Waals surface area (Å²) in [6.45, 7) is -0.0819. The van der Waals surface area contributed by atoms with Crippen molar-refractivity contribution in [2.45, 2.75) is 37.7 Å². The average Bonchev–Trinajstić information content (AvgIpc) is 3.42. The van der Waals surface area contributed by atoms with E-state index < -0.39 is 52.6 Å². The van der Waals surface area contributed by atoms with E-state index in [1.165, 1.54) is 11.3 Å². The van der Waals surface area contributed by atoms with E-state index in [2.05, 4.69) is 10.5 Å². The van der Waals surface area contributed by atoms with Gasteiger partial charge in [0.2, 0.25) is 0 Å². The van der Waals surface area contributed by atoms with E-state index in [-0.39, 0.29) is 23.9 Å². The molecule has 2 aliphatic heterocycles. The standard InChI is InChI=1S/C19H13Cl2F6N3OS2/c20-10-2-9(3-11(21)16(10)24)18(19(25,26)27)4-15(29-31-18)30-6-8-1-12(33-13(8)7-30)17(32)28-5-14(22)23/h1-3,14H,4-7H2,(H,28,32). The monoisotopic (exact) mass is 547 g/mol. The second-order valence-electron chi connectivity index (χ2n) is 7.37. The van der Waals surface area contributed by atoms with Gasteiger partial charge >= 0.3 is 6.18 Å². The van der Waals surface area contributed by atoms with Crippen LogP contribution < -0.4 is 5.32 Å². The number of hydrogen-bond donors (Lipinski definition) is 1. The average molecular weight is 548 g/mol. The number of thiocarbonyl (C=S) groups is 1. The smallest absolute Gasteiger partial charge is 0.372 e. The molecule has 0 aliphatic carbocycles. The molecule has 1 aromatic heterocycles. The molecule has 33 heavy (non-hydrogen) atoms. The van der Waals surface area contributed by atoms with E-state index >= 15 is 0 Å². The summed E-state index contributed by atoms with van der Waals surface area (Å²) in [5, 5.41) is 5.04. The highest BCUT2D eigenvalue weighted by atomic mass is 35.5. The molecule has 14 heteroatoms. The zero-order valence-corrected chi connectivity index (χ0v) is 19.4. The first-order valence-electron chi connectivity index (χ1n) is 9.31. The summed E-state index contributed by atoms with van der Waals surface area (Å²) in [4.78, 5) is 8.16. The van der Waals surface area contributed by atoms with Gasteiger partial charge in [-0.1, -0.05) is 40.6 Å². The molecule has 1 unspecified atom stereocenters. The Labute approximate surface area is 203 Å². The Morgan fingerprint density at radius 2 is 1.91 bits per heavy atom. The van der Waals surface area contributed by atoms with Crippen LogP contribution in [0.25, 0.3) is 0 Å². The number of halogens is 8. The Kier molecular flexibility index (Phi) is 6.49. The van der Waals surface area contributed by atoms with Crippen LogP contribution in [0.1, 0.15) is 27.3 Å². The van der Waals surface area contributed by atoms with Gasteiger partial charge < -0.3 is 15.1 Å². The van der Waals surface area contributed by atoms with Crippen LogP contribution in [0.3, 0.4) is 0 Å². The van der Waals surface area contributed by atoms with Crippen molar-refractivity contribution in [1.29, 1.82) is 0 Å². The number of hydrogen-bond acceptors (Lipinski definition) is 5. The molecule has 4 nitrogen and oxygen atoms in total. The fourth-order valence-corrected chi connectivity index (χ4v) is 5.43. The van der Waals surface area contributed by atoms with E-state index in [9.17, 15) is 26.3 Å². The lowest BCUT2D eigenvalue weighted by Crippen LogP contribution is -2.44. The third-order valence-electron chi connectivity index (χ3n) is 5.22. The molecule has 2 aliphatic rings. The second-order valence-corrected chi connectivity index (χ2v) is 9.73. The highest BCUT2D eigenvalue weighted by Gasteiger charge is 2.63. The number of rotatable bonds is 4. The molecule has 1 N–H and O–H groups in total. The van der Waals surface area contributed by atoms with Crippen LogP contribution in [0.4, 0.5) is 26.3 Å². The topological polar surface area (TPSA) is 36.9 Å². The van der Waals surface area contributed by atoms with Gasteiger partial charge in [0.15, 0.2) is 5.82 Å². The maximum atomic E-state index is 14.1. The molecule has 0 saturated heterocycles. The van der Waals surface area contributed by atoms with Crippen molar-refractivity contribution in [3.05, 3.63) is 54.9 Å². The van der Waals surface area contributed by atoms with Crippen LogP contribution in [-0.4, -0.2) is 34.9 Å². The lowest BCUT2D eigenvalue weighted by molar-refractivity contribution is -0.275. The molecule has 0 saturated carbocycles. The molecule has 0 spiro atoms. The number of amidine groups is 1. The Hall–Kier alpha value is -1.76. The van der Waals surface area contributed by atoms with Crippen LogP contribution in [0.15, 0.2) is 23.4 Å². The van der Waals surface area contributed by atoms with E-state index in [1.807, 2.05) is 0 Å². The van der Waals surface area contributed by atoms with Crippen LogP contribution in [0, 0.1) is 5.82 Å². The highest BCUT2D eigenvalue weighted by molar-refractivity contribution is 7.81. The van der Waals surface area contributed by atoms with Gasteiger partial charge in [0.05, 0.1) is 34.4 Å². The molecule has 2 aromatic rings. The number of oxime groups is 1. The molecule has 1 aromatic carbocycles. The predicted octanol–water partition coefficient (Wildman–Crippen LogP) is 6.23. The van der Waals surface area contributed by atoms with Gasteiger partial charge in [0.25, 0.3) is 12.0 Å². The van der Waals surface area contributed by atoms with Gasteiger partial charge in [-0.05, 0) is 23.8 Å². The van der Waals surface area contributed by atoms with Crippen molar-refractivity contribution < 1.29 is 31.2 Å². The van der Waals surface area contributed by atoms with Crippen molar-refractivity contribution in [3.63, 3.8) is 0 Å². The number of alkyl halides is 5. The third kappa shape index (κ3) is 4.50. The lowest BCUT2D eigenvalue weighted by Gasteiger charge is -2.30. The van der Waals surface area contributed by atoms with Gasteiger partial charge in [-0.3, -0.25) is 0 Å². The summed E-state index contributed by atoms with van der Waals surface area (Å²) in [5.74, 6) is -0.980. The summed E-state index contributed by atoms with van der Waals surface area (Å²) in [5.41, 5.74) is -2.53. The van der Waals surface area contributed by atoms with Crippen molar-refractivity contribution in [1.82, 2.24) is 10.2 Å². The molecule has 4 rings (SSSR count). The summed E-state index contributed by atoms with van der Waals surface area (Å²) in [6, 6.07) is 3.37. The molecule has 0 amide bonds. The summed E-state index contributed by atoms with van der Waals surface area (Å²) >= 11 is 17.8. The molecule has 0 bridgehead atoms. The van der Waals surface area contributed by atoms with Crippen molar-refractivity contribution in [3.8, 4) is 0 Å². The van der Waals surface area contributed by atoms with Gasteiger partial charge in [-0.25, -0.2) is 13.2 Å². The minimum Gasteiger partial charge on any atom is -0.372 e.